The number of nitrogen functional groups attached to an aromatic ring is 1. The Morgan fingerprint density at radius 3 is 2.56 bits per heavy atom. The van der Waals surface area contributed by atoms with Crippen LogP contribution in [0.4, 0.5) is 11.8 Å². The van der Waals surface area contributed by atoms with Gasteiger partial charge in [-0.1, -0.05) is 11.6 Å². The van der Waals surface area contributed by atoms with Crippen LogP contribution in [-0.2, 0) is 4.79 Å². The molecule has 1 aliphatic rings. The molecule has 5 rings (SSSR count). The Morgan fingerprint density at radius 1 is 1.09 bits per heavy atom. The molecule has 10 heteroatoms. The quantitative estimate of drug-likeness (QED) is 0.447. The van der Waals surface area contributed by atoms with E-state index >= 15 is 0 Å². The van der Waals surface area contributed by atoms with E-state index in [1.165, 1.54) is 5.56 Å². The molecule has 3 aromatic heterocycles. The number of thiophene rings is 1. The molecule has 1 aliphatic heterocycles. The predicted octanol–water partition coefficient (Wildman–Crippen LogP) is 4.02. The number of aromatic nitrogens is 3. The van der Waals surface area contributed by atoms with E-state index in [1.54, 1.807) is 40.5 Å². The number of hydrogen-bond acceptors (Lipinski definition) is 8. The SMILES string of the molecule is Cc1csc(-c2ccc3nc(N)nc(N4CCN(C(=O)COc5ccc(Cl)cc5)CC4)c3n2)c1. The van der Waals surface area contributed by atoms with Crippen LogP contribution in [0.25, 0.3) is 21.6 Å². The van der Waals surface area contributed by atoms with Gasteiger partial charge in [0.05, 0.1) is 16.1 Å². The molecule has 174 valence electrons. The summed E-state index contributed by atoms with van der Waals surface area (Å²) in [7, 11) is 0. The molecule has 4 heterocycles. The molecular weight excluding hydrogens is 472 g/mol. The van der Waals surface area contributed by atoms with Gasteiger partial charge in [-0.2, -0.15) is 4.98 Å². The van der Waals surface area contributed by atoms with Crippen LogP contribution in [0.2, 0.25) is 5.02 Å². The Labute approximate surface area is 206 Å². The monoisotopic (exact) mass is 494 g/mol. The molecule has 0 atom stereocenters. The molecule has 1 amide bonds. The van der Waals surface area contributed by atoms with Crippen molar-refractivity contribution in [3.8, 4) is 16.3 Å². The van der Waals surface area contributed by atoms with Gasteiger partial charge in [-0.25, -0.2) is 9.97 Å². The number of benzene rings is 1. The highest BCUT2D eigenvalue weighted by molar-refractivity contribution is 7.13. The molecular formula is C24H23ClN6O2S. The van der Waals surface area contributed by atoms with Gasteiger partial charge in [-0.3, -0.25) is 4.79 Å². The standard InChI is InChI=1S/C24H23ClN6O2S/c1-15-12-20(34-14-15)18-6-7-19-22(27-18)23(29-24(26)28-19)31-10-8-30(9-11-31)21(32)13-33-17-4-2-16(25)3-5-17/h2-7,12,14H,8-11,13H2,1H3,(H2,26,28,29). The summed E-state index contributed by atoms with van der Waals surface area (Å²) in [5.74, 6) is 1.46. The van der Waals surface area contributed by atoms with Crippen LogP contribution >= 0.6 is 22.9 Å². The topological polar surface area (TPSA) is 97.5 Å². The number of halogens is 1. The number of rotatable bonds is 5. The Morgan fingerprint density at radius 2 is 1.85 bits per heavy atom. The minimum atomic E-state index is -0.0601. The summed E-state index contributed by atoms with van der Waals surface area (Å²) in [4.78, 5) is 31.4. The number of nitrogens with zero attached hydrogens (tertiary/aromatic N) is 5. The van der Waals surface area contributed by atoms with Gasteiger partial charge in [0.25, 0.3) is 5.91 Å². The van der Waals surface area contributed by atoms with Crippen molar-refractivity contribution in [1.82, 2.24) is 19.9 Å². The van der Waals surface area contributed by atoms with Crippen molar-refractivity contribution >= 4 is 51.6 Å². The Kier molecular flexibility index (Phi) is 6.21. The van der Waals surface area contributed by atoms with Crippen molar-refractivity contribution in [2.45, 2.75) is 6.92 Å². The summed E-state index contributed by atoms with van der Waals surface area (Å²) in [5, 5.41) is 2.73. The van der Waals surface area contributed by atoms with Gasteiger partial charge in [0.1, 0.15) is 11.3 Å². The van der Waals surface area contributed by atoms with E-state index in [-0.39, 0.29) is 18.5 Å². The third-order valence-electron chi connectivity index (χ3n) is 5.63. The summed E-state index contributed by atoms with van der Waals surface area (Å²) >= 11 is 7.55. The zero-order valence-corrected chi connectivity index (χ0v) is 20.1. The van der Waals surface area contributed by atoms with Crippen LogP contribution in [0.15, 0.2) is 47.8 Å². The molecule has 0 aliphatic carbocycles. The largest absolute Gasteiger partial charge is 0.484 e. The Bertz CT molecular complexity index is 1340. The van der Waals surface area contributed by atoms with Gasteiger partial charge in [0, 0.05) is 31.2 Å². The minimum absolute atomic E-state index is 0.0177. The zero-order chi connectivity index (χ0) is 23.7. The van der Waals surface area contributed by atoms with Crippen LogP contribution in [-0.4, -0.2) is 58.5 Å². The van der Waals surface area contributed by atoms with Crippen LogP contribution in [0.5, 0.6) is 5.75 Å². The minimum Gasteiger partial charge on any atom is -0.484 e. The summed E-state index contributed by atoms with van der Waals surface area (Å²) in [6.07, 6.45) is 0. The van der Waals surface area contributed by atoms with E-state index in [9.17, 15) is 4.79 Å². The highest BCUT2D eigenvalue weighted by Crippen LogP contribution is 2.30. The second-order valence-electron chi connectivity index (χ2n) is 8.07. The summed E-state index contributed by atoms with van der Waals surface area (Å²) in [6, 6.07) is 13.0. The summed E-state index contributed by atoms with van der Waals surface area (Å²) < 4.78 is 5.61. The number of ether oxygens (including phenoxy) is 1. The second kappa shape index (κ2) is 9.44. The molecule has 2 N–H and O–H groups in total. The second-order valence-corrected chi connectivity index (χ2v) is 9.42. The number of pyridine rings is 1. The lowest BCUT2D eigenvalue weighted by molar-refractivity contribution is -0.133. The molecule has 0 saturated carbocycles. The number of nitrogens with two attached hydrogens (primary N) is 1. The number of amides is 1. The highest BCUT2D eigenvalue weighted by Gasteiger charge is 2.24. The maximum Gasteiger partial charge on any atom is 0.260 e. The number of carbonyl (C=O) groups excluding carboxylic acids is 1. The van der Waals surface area contributed by atoms with E-state index < -0.39 is 0 Å². The number of hydrogen-bond donors (Lipinski definition) is 1. The van der Waals surface area contributed by atoms with Crippen LogP contribution in [0.1, 0.15) is 5.56 Å². The van der Waals surface area contributed by atoms with Crippen molar-refractivity contribution in [2.75, 3.05) is 43.4 Å². The number of aryl methyl sites for hydroxylation is 1. The molecule has 0 radical (unpaired) electrons. The van der Waals surface area contributed by atoms with E-state index in [1.807, 2.05) is 12.1 Å². The lowest BCUT2D eigenvalue weighted by Crippen LogP contribution is -2.50. The molecule has 34 heavy (non-hydrogen) atoms. The van der Waals surface area contributed by atoms with E-state index in [0.717, 1.165) is 10.6 Å². The number of anilines is 2. The third-order valence-corrected chi connectivity index (χ3v) is 6.95. The predicted molar refractivity (Wildman–Crippen MR) is 136 cm³/mol. The first-order chi connectivity index (χ1) is 16.5. The van der Waals surface area contributed by atoms with Crippen LogP contribution in [0, 0.1) is 6.92 Å². The van der Waals surface area contributed by atoms with Gasteiger partial charge < -0.3 is 20.3 Å². The Hall–Kier alpha value is -3.43. The molecule has 1 fully saturated rings. The highest BCUT2D eigenvalue weighted by atomic mass is 35.5. The van der Waals surface area contributed by atoms with Crippen LogP contribution < -0.4 is 15.4 Å². The fraction of sp³-hybridized carbons (Fsp3) is 0.250. The van der Waals surface area contributed by atoms with Gasteiger partial charge >= 0.3 is 0 Å². The average Bonchev–Trinajstić information content (AvgIpc) is 3.29. The van der Waals surface area contributed by atoms with Gasteiger partial charge in [0.2, 0.25) is 5.95 Å². The molecule has 0 unspecified atom stereocenters. The molecule has 4 aromatic rings. The number of fused-ring (bicyclic) bond motifs is 1. The normalized spacial score (nSPS) is 13.9. The lowest BCUT2D eigenvalue weighted by Gasteiger charge is -2.35. The van der Waals surface area contributed by atoms with Gasteiger partial charge in [-0.15, -0.1) is 11.3 Å². The summed E-state index contributed by atoms with van der Waals surface area (Å²) in [6.45, 7) is 4.38. The first-order valence-electron chi connectivity index (χ1n) is 10.9. The van der Waals surface area contributed by atoms with Crippen molar-refractivity contribution < 1.29 is 9.53 Å². The molecule has 8 nitrogen and oxygen atoms in total. The molecule has 1 saturated heterocycles. The maximum atomic E-state index is 12.7. The Balaban J connectivity index is 1.30. The van der Waals surface area contributed by atoms with Crippen molar-refractivity contribution in [2.24, 2.45) is 0 Å². The first kappa shape index (κ1) is 22.4. The first-order valence-corrected chi connectivity index (χ1v) is 12.1. The van der Waals surface area contributed by atoms with E-state index in [4.69, 9.17) is 27.1 Å². The van der Waals surface area contributed by atoms with Crippen molar-refractivity contribution in [1.29, 1.82) is 0 Å². The zero-order valence-electron chi connectivity index (χ0n) is 18.6. The van der Waals surface area contributed by atoms with Crippen molar-refractivity contribution in [3.05, 3.63) is 58.4 Å². The van der Waals surface area contributed by atoms with E-state index in [2.05, 4.69) is 33.2 Å². The smallest absolute Gasteiger partial charge is 0.260 e. The molecule has 0 bridgehead atoms. The lowest BCUT2D eigenvalue weighted by atomic mass is 10.2. The van der Waals surface area contributed by atoms with Crippen molar-refractivity contribution in [3.63, 3.8) is 0 Å². The van der Waals surface area contributed by atoms with Crippen LogP contribution in [0.3, 0.4) is 0 Å². The fourth-order valence-electron chi connectivity index (χ4n) is 3.87. The molecule has 0 spiro atoms. The fourth-order valence-corrected chi connectivity index (χ4v) is 4.87. The third kappa shape index (κ3) is 4.76. The molecule has 1 aromatic carbocycles. The number of carbonyl (C=O) groups is 1. The van der Waals surface area contributed by atoms with E-state index in [0.29, 0.717) is 53.8 Å². The summed E-state index contributed by atoms with van der Waals surface area (Å²) in [5.41, 5.74) is 9.50. The number of piperazine rings is 1. The maximum absolute atomic E-state index is 12.7. The average molecular weight is 495 g/mol. The van der Waals surface area contributed by atoms with Gasteiger partial charge in [0.15, 0.2) is 12.4 Å². The van der Waals surface area contributed by atoms with Gasteiger partial charge in [-0.05, 0) is 60.3 Å².